The Balaban J connectivity index is 2.15. The minimum absolute atomic E-state index is 0.379. The summed E-state index contributed by atoms with van der Waals surface area (Å²) in [6, 6.07) is 6.66. The van der Waals surface area contributed by atoms with E-state index in [1.165, 1.54) is 5.69 Å². The van der Waals surface area contributed by atoms with Gasteiger partial charge in [0, 0.05) is 18.9 Å². The average molecular weight is 234 g/mol. The molecule has 2 heterocycles. The van der Waals surface area contributed by atoms with E-state index >= 15 is 0 Å². The summed E-state index contributed by atoms with van der Waals surface area (Å²) in [5, 5.41) is 3.58. The Kier molecular flexibility index (Phi) is 4.51. The van der Waals surface area contributed by atoms with Gasteiger partial charge in [0.1, 0.15) is 0 Å². The molecule has 0 radical (unpaired) electrons. The van der Waals surface area contributed by atoms with Crippen LogP contribution in [0.1, 0.15) is 37.2 Å². The van der Waals surface area contributed by atoms with Crippen molar-refractivity contribution in [3.8, 4) is 0 Å². The van der Waals surface area contributed by atoms with E-state index in [4.69, 9.17) is 4.74 Å². The first kappa shape index (κ1) is 12.5. The van der Waals surface area contributed by atoms with E-state index in [0.717, 1.165) is 38.3 Å². The number of hydrogen-bond acceptors (Lipinski definition) is 3. The second kappa shape index (κ2) is 6.12. The molecule has 94 valence electrons. The minimum atomic E-state index is 0.379. The second-order valence-corrected chi connectivity index (χ2v) is 4.69. The van der Waals surface area contributed by atoms with Gasteiger partial charge >= 0.3 is 0 Å². The summed E-state index contributed by atoms with van der Waals surface area (Å²) < 4.78 is 5.44. The van der Waals surface area contributed by atoms with Crippen molar-refractivity contribution in [2.75, 3.05) is 19.8 Å². The van der Waals surface area contributed by atoms with Crippen molar-refractivity contribution in [1.82, 2.24) is 10.3 Å². The Hall–Kier alpha value is -0.930. The Morgan fingerprint density at radius 3 is 2.82 bits per heavy atom. The zero-order chi connectivity index (χ0) is 12.1. The maximum absolute atomic E-state index is 5.44. The van der Waals surface area contributed by atoms with Crippen LogP contribution in [-0.4, -0.2) is 24.7 Å². The van der Waals surface area contributed by atoms with E-state index in [1.807, 2.05) is 0 Å². The molecule has 3 heteroatoms. The summed E-state index contributed by atoms with van der Waals surface area (Å²) in [7, 11) is 0. The standard InChI is InChI=1S/C14H22N2O/c1-3-15-14(12-7-9-17-10-8-12)13-6-4-5-11(2)16-13/h4-6,12,14-15H,3,7-10H2,1-2H3. The first-order valence-corrected chi connectivity index (χ1v) is 6.56. The molecule has 1 N–H and O–H groups in total. The third-order valence-electron chi connectivity index (χ3n) is 3.39. The van der Waals surface area contributed by atoms with Gasteiger partial charge in [-0.25, -0.2) is 0 Å². The highest BCUT2D eigenvalue weighted by Crippen LogP contribution is 2.29. The molecule has 1 aromatic heterocycles. The quantitative estimate of drug-likeness (QED) is 0.869. The van der Waals surface area contributed by atoms with Gasteiger partial charge in [-0.3, -0.25) is 4.98 Å². The van der Waals surface area contributed by atoms with Crippen molar-refractivity contribution in [2.45, 2.75) is 32.7 Å². The van der Waals surface area contributed by atoms with E-state index in [0.29, 0.717) is 12.0 Å². The number of rotatable bonds is 4. The maximum atomic E-state index is 5.44. The van der Waals surface area contributed by atoms with Gasteiger partial charge < -0.3 is 10.1 Å². The first-order chi connectivity index (χ1) is 8.31. The summed E-state index contributed by atoms with van der Waals surface area (Å²) in [6.45, 7) is 6.97. The second-order valence-electron chi connectivity index (χ2n) is 4.69. The van der Waals surface area contributed by atoms with Crippen LogP contribution in [0.4, 0.5) is 0 Å². The summed E-state index contributed by atoms with van der Waals surface area (Å²) in [5.74, 6) is 0.651. The molecule has 2 rings (SSSR count). The molecule has 0 aromatic carbocycles. The SMILES string of the molecule is CCNC(c1cccc(C)n1)C1CCOCC1. The highest BCUT2D eigenvalue weighted by Gasteiger charge is 2.25. The van der Waals surface area contributed by atoms with Crippen molar-refractivity contribution >= 4 is 0 Å². The minimum Gasteiger partial charge on any atom is -0.381 e. The van der Waals surface area contributed by atoms with Crippen LogP contribution in [0.25, 0.3) is 0 Å². The van der Waals surface area contributed by atoms with E-state index in [-0.39, 0.29) is 0 Å². The fourth-order valence-corrected chi connectivity index (χ4v) is 2.52. The van der Waals surface area contributed by atoms with E-state index in [9.17, 15) is 0 Å². The molecule has 0 bridgehead atoms. The van der Waals surface area contributed by atoms with Gasteiger partial charge in [0.2, 0.25) is 0 Å². The predicted molar refractivity (Wildman–Crippen MR) is 68.9 cm³/mol. The highest BCUT2D eigenvalue weighted by molar-refractivity contribution is 5.14. The van der Waals surface area contributed by atoms with Gasteiger partial charge in [-0.1, -0.05) is 13.0 Å². The zero-order valence-electron chi connectivity index (χ0n) is 10.8. The number of nitrogens with zero attached hydrogens (tertiary/aromatic N) is 1. The molecule has 1 saturated heterocycles. The Bertz CT molecular complexity index is 348. The van der Waals surface area contributed by atoms with Crippen LogP contribution in [0.3, 0.4) is 0 Å². The lowest BCUT2D eigenvalue weighted by atomic mass is 9.89. The molecule has 0 amide bonds. The van der Waals surface area contributed by atoms with Crippen molar-refractivity contribution in [3.63, 3.8) is 0 Å². The van der Waals surface area contributed by atoms with Crippen LogP contribution in [0, 0.1) is 12.8 Å². The van der Waals surface area contributed by atoms with Crippen LogP contribution in [0.2, 0.25) is 0 Å². The fraction of sp³-hybridized carbons (Fsp3) is 0.643. The molecule has 3 nitrogen and oxygen atoms in total. The number of pyridine rings is 1. The van der Waals surface area contributed by atoms with Crippen LogP contribution < -0.4 is 5.32 Å². The molecule has 1 unspecified atom stereocenters. The number of aryl methyl sites for hydroxylation is 1. The Morgan fingerprint density at radius 2 is 2.18 bits per heavy atom. The van der Waals surface area contributed by atoms with Gasteiger partial charge in [-0.05, 0) is 44.4 Å². The third-order valence-corrected chi connectivity index (χ3v) is 3.39. The molecular weight excluding hydrogens is 212 g/mol. The first-order valence-electron chi connectivity index (χ1n) is 6.56. The molecule has 1 aliphatic heterocycles. The molecule has 0 aliphatic carbocycles. The van der Waals surface area contributed by atoms with Crippen molar-refractivity contribution in [1.29, 1.82) is 0 Å². The zero-order valence-corrected chi connectivity index (χ0v) is 10.8. The van der Waals surface area contributed by atoms with Gasteiger partial charge in [0.15, 0.2) is 0 Å². The van der Waals surface area contributed by atoms with Gasteiger partial charge in [0.25, 0.3) is 0 Å². The summed E-state index contributed by atoms with van der Waals surface area (Å²) in [6.07, 6.45) is 2.26. The normalized spacial score (nSPS) is 19.2. The molecule has 17 heavy (non-hydrogen) atoms. The smallest absolute Gasteiger partial charge is 0.0579 e. The van der Waals surface area contributed by atoms with E-state index in [2.05, 4.69) is 42.3 Å². The Morgan fingerprint density at radius 1 is 1.41 bits per heavy atom. The van der Waals surface area contributed by atoms with Gasteiger partial charge in [-0.15, -0.1) is 0 Å². The lowest BCUT2D eigenvalue weighted by Crippen LogP contribution is -2.32. The van der Waals surface area contributed by atoms with Crippen LogP contribution in [0.5, 0.6) is 0 Å². The Labute approximate surface area is 104 Å². The summed E-state index contributed by atoms with van der Waals surface area (Å²) >= 11 is 0. The molecule has 1 fully saturated rings. The molecule has 1 aliphatic rings. The highest BCUT2D eigenvalue weighted by atomic mass is 16.5. The molecule has 0 spiro atoms. The monoisotopic (exact) mass is 234 g/mol. The van der Waals surface area contributed by atoms with Crippen LogP contribution in [-0.2, 0) is 4.74 Å². The summed E-state index contributed by atoms with van der Waals surface area (Å²) in [4.78, 5) is 4.66. The molecule has 1 atom stereocenters. The fourth-order valence-electron chi connectivity index (χ4n) is 2.52. The number of ether oxygens (including phenoxy) is 1. The van der Waals surface area contributed by atoms with Crippen molar-refractivity contribution in [3.05, 3.63) is 29.6 Å². The van der Waals surface area contributed by atoms with Gasteiger partial charge in [-0.2, -0.15) is 0 Å². The number of aromatic nitrogens is 1. The predicted octanol–water partition coefficient (Wildman–Crippen LogP) is 2.47. The van der Waals surface area contributed by atoms with E-state index in [1.54, 1.807) is 0 Å². The number of nitrogens with one attached hydrogen (secondary N) is 1. The van der Waals surface area contributed by atoms with Crippen LogP contribution in [0.15, 0.2) is 18.2 Å². The van der Waals surface area contributed by atoms with Gasteiger partial charge in [0.05, 0.1) is 11.7 Å². The third kappa shape index (κ3) is 3.27. The largest absolute Gasteiger partial charge is 0.381 e. The maximum Gasteiger partial charge on any atom is 0.0579 e. The van der Waals surface area contributed by atoms with Crippen LogP contribution >= 0.6 is 0 Å². The summed E-state index contributed by atoms with van der Waals surface area (Å²) in [5.41, 5.74) is 2.27. The lowest BCUT2D eigenvalue weighted by molar-refractivity contribution is 0.0533. The molecule has 0 saturated carbocycles. The average Bonchev–Trinajstić information content (AvgIpc) is 2.37. The molecule has 1 aromatic rings. The van der Waals surface area contributed by atoms with Crippen molar-refractivity contribution in [2.24, 2.45) is 5.92 Å². The number of hydrogen-bond donors (Lipinski definition) is 1. The topological polar surface area (TPSA) is 34.2 Å². The lowest BCUT2D eigenvalue weighted by Gasteiger charge is -2.30. The van der Waals surface area contributed by atoms with Crippen molar-refractivity contribution < 1.29 is 4.74 Å². The molecular formula is C14H22N2O. The van der Waals surface area contributed by atoms with E-state index < -0.39 is 0 Å².